The van der Waals surface area contributed by atoms with Gasteiger partial charge < -0.3 is 9.64 Å². The summed E-state index contributed by atoms with van der Waals surface area (Å²) in [7, 11) is -0.397. The fourth-order valence-electron chi connectivity index (χ4n) is 2.69. The zero-order chi connectivity index (χ0) is 21.7. The summed E-state index contributed by atoms with van der Waals surface area (Å²) in [5, 5.41) is 2.34. The molecule has 9 heteroatoms. The molecular formula is C21H21ClN2O4S2. The molecule has 0 bridgehead atoms. The lowest BCUT2D eigenvalue weighted by molar-refractivity contribution is -0.132. The molecule has 0 spiro atoms. The minimum absolute atomic E-state index is 0.125. The molecule has 30 heavy (non-hydrogen) atoms. The van der Waals surface area contributed by atoms with Crippen molar-refractivity contribution in [2.75, 3.05) is 25.0 Å². The van der Waals surface area contributed by atoms with E-state index in [0.717, 1.165) is 5.56 Å². The molecule has 1 aromatic heterocycles. The van der Waals surface area contributed by atoms with Crippen LogP contribution in [0.25, 0.3) is 0 Å². The molecule has 0 fully saturated rings. The van der Waals surface area contributed by atoms with Crippen LogP contribution in [0.2, 0.25) is 5.02 Å². The first-order chi connectivity index (χ1) is 14.3. The van der Waals surface area contributed by atoms with Crippen LogP contribution < -0.4 is 9.04 Å². The summed E-state index contributed by atoms with van der Waals surface area (Å²) in [5.74, 6) is 0.293. The highest BCUT2D eigenvalue weighted by Gasteiger charge is 2.22. The quantitative estimate of drug-likeness (QED) is 0.499. The average molecular weight is 465 g/mol. The summed E-state index contributed by atoms with van der Waals surface area (Å²) in [4.78, 5) is 13.9. The Morgan fingerprint density at radius 3 is 2.43 bits per heavy atom. The van der Waals surface area contributed by atoms with E-state index in [1.54, 1.807) is 59.8 Å². The van der Waals surface area contributed by atoms with Crippen LogP contribution in [0.4, 0.5) is 5.69 Å². The van der Waals surface area contributed by atoms with Crippen molar-refractivity contribution >= 4 is 44.6 Å². The molecule has 1 heterocycles. The van der Waals surface area contributed by atoms with Crippen LogP contribution in [-0.2, 0) is 21.4 Å². The predicted molar refractivity (Wildman–Crippen MR) is 120 cm³/mol. The molecule has 3 rings (SSSR count). The van der Waals surface area contributed by atoms with Crippen molar-refractivity contribution in [1.29, 1.82) is 0 Å². The minimum atomic E-state index is -3.59. The van der Waals surface area contributed by atoms with E-state index in [9.17, 15) is 13.2 Å². The van der Waals surface area contributed by atoms with Crippen molar-refractivity contribution in [2.24, 2.45) is 0 Å². The van der Waals surface area contributed by atoms with Gasteiger partial charge >= 0.3 is 0 Å². The maximum Gasteiger partial charge on any atom is 0.273 e. The number of hydrogen-bond acceptors (Lipinski definition) is 5. The second-order valence-corrected chi connectivity index (χ2v) is 10.1. The summed E-state index contributed by atoms with van der Waals surface area (Å²) in [6, 6.07) is 17.2. The van der Waals surface area contributed by atoms with Gasteiger partial charge in [0.2, 0.25) is 0 Å². The number of sulfonamides is 1. The lowest BCUT2D eigenvalue weighted by Crippen LogP contribution is -2.31. The zero-order valence-electron chi connectivity index (χ0n) is 16.5. The molecule has 2 aromatic carbocycles. The van der Waals surface area contributed by atoms with Crippen molar-refractivity contribution in [3.8, 4) is 5.75 Å². The van der Waals surface area contributed by atoms with Crippen LogP contribution in [0.3, 0.4) is 0 Å². The zero-order valence-corrected chi connectivity index (χ0v) is 18.9. The van der Waals surface area contributed by atoms with Crippen molar-refractivity contribution in [1.82, 2.24) is 4.90 Å². The fraction of sp³-hybridized carbons (Fsp3) is 0.190. The fourth-order valence-corrected chi connectivity index (χ4v) is 5.26. The van der Waals surface area contributed by atoms with Gasteiger partial charge in [0.15, 0.2) is 6.61 Å². The summed E-state index contributed by atoms with van der Waals surface area (Å²) in [6.45, 7) is 0.298. The van der Waals surface area contributed by atoms with Gasteiger partial charge in [-0.2, -0.15) is 0 Å². The number of anilines is 1. The van der Waals surface area contributed by atoms with Crippen molar-refractivity contribution in [2.45, 2.75) is 10.8 Å². The van der Waals surface area contributed by atoms with Gasteiger partial charge in [-0.25, -0.2) is 8.42 Å². The molecule has 0 aliphatic carbocycles. The number of carbonyl (C=O) groups excluding carboxylic acids is 1. The lowest BCUT2D eigenvalue weighted by Gasteiger charge is -2.19. The van der Waals surface area contributed by atoms with E-state index >= 15 is 0 Å². The third kappa shape index (κ3) is 5.33. The summed E-state index contributed by atoms with van der Waals surface area (Å²) in [5.41, 5.74) is 1.43. The molecule has 0 aliphatic heterocycles. The Labute approximate surface area is 185 Å². The van der Waals surface area contributed by atoms with Crippen molar-refractivity contribution < 1.29 is 17.9 Å². The normalized spacial score (nSPS) is 11.2. The molecule has 1 amide bonds. The molecule has 0 unspecified atom stereocenters. The van der Waals surface area contributed by atoms with E-state index in [4.69, 9.17) is 16.3 Å². The smallest absolute Gasteiger partial charge is 0.273 e. The van der Waals surface area contributed by atoms with Gasteiger partial charge in [-0.15, -0.1) is 11.3 Å². The Morgan fingerprint density at radius 2 is 1.80 bits per heavy atom. The summed E-state index contributed by atoms with van der Waals surface area (Å²) in [6.07, 6.45) is 0. The molecule has 3 aromatic rings. The summed E-state index contributed by atoms with van der Waals surface area (Å²) < 4.78 is 32.2. The van der Waals surface area contributed by atoms with Crippen LogP contribution >= 0.6 is 22.9 Å². The number of ether oxygens (including phenoxy) is 1. The van der Waals surface area contributed by atoms with Gasteiger partial charge in [-0.1, -0.05) is 29.8 Å². The molecule has 6 nitrogen and oxygen atoms in total. The summed E-state index contributed by atoms with van der Waals surface area (Å²) >= 11 is 7.14. The average Bonchev–Trinajstić information content (AvgIpc) is 3.27. The second-order valence-electron chi connectivity index (χ2n) is 6.57. The molecular weight excluding hydrogens is 444 g/mol. The molecule has 0 aliphatic rings. The largest absolute Gasteiger partial charge is 0.484 e. The highest BCUT2D eigenvalue weighted by Crippen LogP contribution is 2.26. The van der Waals surface area contributed by atoms with Gasteiger partial charge in [0, 0.05) is 25.7 Å². The van der Waals surface area contributed by atoms with Gasteiger partial charge in [0.25, 0.3) is 15.9 Å². The Hall–Kier alpha value is -2.55. The topological polar surface area (TPSA) is 66.9 Å². The van der Waals surface area contributed by atoms with E-state index in [2.05, 4.69) is 0 Å². The molecule has 0 atom stereocenters. The lowest BCUT2D eigenvalue weighted by atomic mass is 10.2. The first kappa shape index (κ1) is 22.1. The predicted octanol–water partition coefficient (Wildman–Crippen LogP) is 4.26. The molecule has 0 saturated carbocycles. The Balaban J connectivity index is 1.57. The number of hydrogen-bond donors (Lipinski definition) is 0. The van der Waals surface area contributed by atoms with Crippen molar-refractivity contribution in [3.63, 3.8) is 0 Å². The number of amides is 1. The number of nitrogens with zero attached hydrogens (tertiary/aromatic N) is 2. The van der Waals surface area contributed by atoms with Gasteiger partial charge in [0.1, 0.15) is 9.96 Å². The maximum atomic E-state index is 12.6. The Morgan fingerprint density at radius 1 is 1.07 bits per heavy atom. The third-order valence-electron chi connectivity index (χ3n) is 4.41. The number of benzene rings is 2. The molecule has 0 N–H and O–H groups in total. The highest BCUT2D eigenvalue weighted by molar-refractivity contribution is 7.94. The van der Waals surface area contributed by atoms with E-state index in [-0.39, 0.29) is 16.7 Å². The molecule has 158 valence electrons. The Kier molecular flexibility index (Phi) is 7.02. The van der Waals surface area contributed by atoms with Crippen LogP contribution in [0.1, 0.15) is 5.56 Å². The Bertz CT molecular complexity index is 1100. The van der Waals surface area contributed by atoms with Crippen molar-refractivity contribution in [3.05, 3.63) is 76.6 Å². The number of carbonyl (C=O) groups is 1. The van der Waals surface area contributed by atoms with E-state index in [1.807, 2.05) is 18.2 Å². The van der Waals surface area contributed by atoms with Crippen LogP contribution in [0.5, 0.6) is 5.75 Å². The van der Waals surface area contributed by atoms with Crippen LogP contribution in [-0.4, -0.2) is 39.9 Å². The van der Waals surface area contributed by atoms with Gasteiger partial charge in [-0.3, -0.25) is 9.10 Å². The number of thiophene rings is 1. The van der Waals surface area contributed by atoms with Gasteiger partial charge in [0.05, 0.1) is 5.69 Å². The van der Waals surface area contributed by atoms with E-state index < -0.39 is 10.0 Å². The maximum absolute atomic E-state index is 12.6. The van der Waals surface area contributed by atoms with Gasteiger partial charge in [-0.05, 0) is 53.4 Å². The molecule has 0 radical (unpaired) electrons. The first-order valence-electron chi connectivity index (χ1n) is 9.01. The van der Waals surface area contributed by atoms with Crippen LogP contribution in [0, 0.1) is 0 Å². The number of rotatable bonds is 8. The van der Waals surface area contributed by atoms with Crippen LogP contribution in [0.15, 0.2) is 70.3 Å². The van der Waals surface area contributed by atoms with E-state index in [1.165, 1.54) is 22.7 Å². The standard InChI is InChI=1S/C21H21ClN2O4S2/c1-23(14-16-5-3-6-17(22)13-16)20(25)15-28-19-10-8-18(9-11-19)24(2)30(26,27)21-7-4-12-29-21/h3-13H,14-15H2,1-2H3. The highest BCUT2D eigenvalue weighted by atomic mass is 35.5. The molecule has 0 saturated heterocycles. The number of likely N-dealkylation sites (N-methyl/N-ethyl adjacent to an activating group) is 1. The minimum Gasteiger partial charge on any atom is -0.484 e. The SMILES string of the molecule is CN(Cc1cccc(Cl)c1)C(=O)COc1ccc(N(C)S(=O)(=O)c2cccs2)cc1. The second kappa shape index (κ2) is 9.51. The number of halogens is 1. The van der Waals surface area contributed by atoms with E-state index in [0.29, 0.717) is 23.0 Å². The first-order valence-corrected chi connectivity index (χ1v) is 11.7. The monoisotopic (exact) mass is 464 g/mol. The third-order valence-corrected chi connectivity index (χ3v) is 7.80.